The van der Waals surface area contributed by atoms with Crippen LogP contribution >= 0.6 is 34.4 Å². The number of hydrogen-bond acceptors (Lipinski definition) is 9. The van der Waals surface area contributed by atoms with Crippen molar-refractivity contribution in [1.82, 2.24) is 4.98 Å². The minimum absolute atomic E-state index is 0.0633. The lowest BCUT2D eigenvalue weighted by Crippen LogP contribution is -2.22. The second-order valence-corrected chi connectivity index (χ2v) is 9.86. The van der Waals surface area contributed by atoms with Crippen molar-refractivity contribution >= 4 is 67.5 Å². The molecule has 1 N–H and O–H groups in total. The van der Waals surface area contributed by atoms with Crippen molar-refractivity contribution in [3.05, 3.63) is 40.3 Å². The number of methoxy groups -OCH3 is 1. The number of nitrogens with zero attached hydrogens (tertiary/aromatic N) is 1. The third-order valence-electron chi connectivity index (χ3n) is 4.52. The fourth-order valence-corrected chi connectivity index (χ4v) is 6.35. The molecular formula is C20H18N2O5S3. The first-order valence-electron chi connectivity index (χ1n) is 9.22. The lowest BCUT2D eigenvalue weighted by Gasteiger charge is -2.07. The van der Waals surface area contributed by atoms with Crippen LogP contribution in [0.3, 0.4) is 0 Å². The number of thioether (sulfide) groups is 1. The van der Waals surface area contributed by atoms with E-state index < -0.39 is 24.5 Å². The predicted molar refractivity (Wildman–Crippen MR) is 118 cm³/mol. The smallest absolute Gasteiger partial charge is 0.341 e. The van der Waals surface area contributed by atoms with E-state index in [1.54, 1.807) is 0 Å². The van der Waals surface area contributed by atoms with Gasteiger partial charge in [-0.25, -0.2) is 9.78 Å². The number of thiophene rings is 1. The summed E-state index contributed by atoms with van der Waals surface area (Å²) >= 11 is 4.16. The van der Waals surface area contributed by atoms with Gasteiger partial charge in [-0.3, -0.25) is 9.59 Å². The largest absolute Gasteiger partial charge is 0.465 e. The van der Waals surface area contributed by atoms with Crippen molar-refractivity contribution in [1.29, 1.82) is 0 Å². The highest BCUT2D eigenvalue weighted by Gasteiger charge is 2.28. The molecule has 2 aromatic heterocycles. The quantitative estimate of drug-likeness (QED) is 0.420. The van der Waals surface area contributed by atoms with E-state index in [2.05, 4.69) is 10.3 Å². The number of aryl methyl sites for hydroxylation is 1. The van der Waals surface area contributed by atoms with Gasteiger partial charge >= 0.3 is 11.9 Å². The molecule has 1 amide bonds. The molecule has 156 valence electrons. The second-order valence-electron chi connectivity index (χ2n) is 6.50. The van der Waals surface area contributed by atoms with Gasteiger partial charge in [0.05, 0.1) is 28.6 Å². The van der Waals surface area contributed by atoms with E-state index in [4.69, 9.17) is 9.47 Å². The summed E-state index contributed by atoms with van der Waals surface area (Å²) in [6.07, 6.45) is 2.67. The molecule has 10 heteroatoms. The molecule has 7 nitrogen and oxygen atoms in total. The zero-order valence-electron chi connectivity index (χ0n) is 16.1. The van der Waals surface area contributed by atoms with Crippen LogP contribution < -0.4 is 5.32 Å². The molecule has 0 unspecified atom stereocenters. The summed E-state index contributed by atoms with van der Waals surface area (Å²) < 4.78 is 11.8. The number of hydrogen-bond donors (Lipinski definition) is 1. The van der Waals surface area contributed by atoms with Gasteiger partial charge in [0.25, 0.3) is 5.91 Å². The summed E-state index contributed by atoms with van der Waals surface area (Å²) in [5.74, 6) is -1.39. The summed E-state index contributed by atoms with van der Waals surface area (Å²) in [6.45, 7) is -0.414. The Kier molecular flexibility index (Phi) is 6.35. The van der Waals surface area contributed by atoms with Gasteiger partial charge in [0.2, 0.25) is 0 Å². The number of carbonyl (C=O) groups is 3. The van der Waals surface area contributed by atoms with Crippen LogP contribution in [-0.4, -0.2) is 42.3 Å². The summed E-state index contributed by atoms with van der Waals surface area (Å²) in [7, 11) is 1.32. The summed E-state index contributed by atoms with van der Waals surface area (Å²) in [4.78, 5) is 41.9. The molecule has 0 spiro atoms. The van der Waals surface area contributed by atoms with Gasteiger partial charge in [0.15, 0.2) is 10.9 Å². The Hall–Kier alpha value is -2.43. The van der Waals surface area contributed by atoms with E-state index in [-0.39, 0.29) is 5.75 Å². The number of nitrogens with one attached hydrogen (secondary N) is 1. The van der Waals surface area contributed by atoms with Crippen molar-refractivity contribution < 1.29 is 23.9 Å². The van der Waals surface area contributed by atoms with Gasteiger partial charge in [0.1, 0.15) is 5.00 Å². The molecule has 0 atom stereocenters. The zero-order chi connectivity index (χ0) is 21.1. The Morgan fingerprint density at radius 2 is 2.03 bits per heavy atom. The number of esters is 2. The lowest BCUT2D eigenvalue weighted by molar-refractivity contribution is -0.144. The monoisotopic (exact) mass is 462 g/mol. The first-order chi connectivity index (χ1) is 14.5. The number of carbonyl (C=O) groups excluding carboxylic acids is 3. The van der Waals surface area contributed by atoms with E-state index in [0.717, 1.165) is 44.3 Å². The van der Waals surface area contributed by atoms with Crippen LogP contribution in [0.25, 0.3) is 10.2 Å². The molecule has 1 aliphatic rings. The van der Waals surface area contributed by atoms with E-state index >= 15 is 0 Å². The molecule has 0 bridgehead atoms. The van der Waals surface area contributed by atoms with Crippen LogP contribution in [0.5, 0.6) is 0 Å². The van der Waals surface area contributed by atoms with Gasteiger partial charge in [-0.05, 0) is 37.0 Å². The highest BCUT2D eigenvalue weighted by atomic mass is 32.2. The Labute approximate surface area is 184 Å². The molecule has 0 aliphatic heterocycles. The SMILES string of the molecule is COC(=O)c1c(NC(=O)COC(=O)CSc2nc3ccccc3s2)sc2c1CCC2. The number of aromatic nitrogens is 1. The first kappa shape index (κ1) is 20.8. The Morgan fingerprint density at radius 3 is 2.83 bits per heavy atom. The molecule has 2 heterocycles. The van der Waals surface area contributed by atoms with E-state index in [1.165, 1.54) is 41.5 Å². The number of rotatable bonds is 7. The maximum atomic E-state index is 12.2. The number of amides is 1. The van der Waals surface area contributed by atoms with Crippen molar-refractivity contribution in [3.8, 4) is 0 Å². The van der Waals surface area contributed by atoms with Gasteiger partial charge < -0.3 is 14.8 Å². The topological polar surface area (TPSA) is 94.6 Å². The number of benzene rings is 1. The van der Waals surface area contributed by atoms with Crippen molar-refractivity contribution in [2.45, 2.75) is 23.6 Å². The lowest BCUT2D eigenvalue weighted by atomic mass is 10.1. The Balaban J connectivity index is 1.29. The minimum Gasteiger partial charge on any atom is -0.465 e. The maximum Gasteiger partial charge on any atom is 0.341 e. The molecule has 0 radical (unpaired) electrons. The predicted octanol–water partition coefficient (Wildman–Crippen LogP) is 3.91. The molecule has 30 heavy (non-hydrogen) atoms. The normalized spacial score (nSPS) is 12.6. The number of anilines is 1. The molecular weight excluding hydrogens is 444 g/mol. The molecule has 4 rings (SSSR count). The minimum atomic E-state index is -0.503. The number of thiazole rings is 1. The third-order valence-corrected chi connectivity index (χ3v) is 7.88. The van der Waals surface area contributed by atoms with E-state index in [0.29, 0.717) is 10.6 Å². The maximum absolute atomic E-state index is 12.2. The molecule has 1 aromatic carbocycles. The summed E-state index contributed by atoms with van der Waals surface area (Å²) in [5, 5.41) is 3.14. The van der Waals surface area contributed by atoms with Crippen molar-refractivity contribution in [3.63, 3.8) is 0 Å². The van der Waals surface area contributed by atoms with Gasteiger partial charge in [-0.2, -0.15) is 0 Å². The van der Waals surface area contributed by atoms with Crippen LogP contribution in [0.1, 0.15) is 27.2 Å². The van der Waals surface area contributed by atoms with E-state index in [9.17, 15) is 14.4 Å². The summed E-state index contributed by atoms with van der Waals surface area (Å²) in [6, 6.07) is 7.75. The fourth-order valence-electron chi connectivity index (χ4n) is 3.19. The highest BCUT2D eigenvalue weighted by molar-refractivity contribution is 8.01. The van der Waals surface area contributed by atoms with Gasteiger partial charge in [-0.1, -0.05) is 23.9 Å². The molecule has 0 fully saturated rings. The van der Waals surface area contributed by atoms with Gasteiger partial charge in [0, 0.05) is 4.88 Å². The molecule has 1 aliphatic carbocycles. The van der Waals surface area contributed by atoms with Crippen LogP contribution in [-0.2, 0) is 31.9 Å². The third kappa shape index (κ3) is 4.50. The molecule has 0 saturated heterocycles. The zero-order valence-corrected chi connectivity index (χ0v) is 18.5. The fraction of sp³-hybridized carbons (Fsp3) is 0.300. The van der Waals surface area contributed by atoms with Gasteiger partial charge in [-0.15, -0.1) is 22.7 Å². The first-order valence-corrected chi connectivity index (χ1v) is 11.8. The number of ether oxygens (including phenoxy) is 2. The Morgan fingerprint density at radius 1 is 1.20 bits per heavy atom. The Bertz CT molecular complexity index is 1090. The van der Waals surface area contributed by atoms with Crippen LogP contribution in [0.15, 0.2) is 28.6 Å². The number of fused-ring (bicyclic) bond motifs is 2. The van der Waals surface area contributed by atoms with Crippen molar-refractivity contribution in [2.75, 3.05) is 24.8 Å². The highest BCUT2D eigenvalue weighted by Crippen LogP contribution is 2.39. The molecule has 3 aromatic rings. The standard InChI is InChI=1S/C20H18N2O5S3/c1-26-19(25)17-11-5-4-8-13(11)29-18(17)22-15(23)9-27-16(24)10-28-20-21-12-6-2-3-7-14(12)30-20/h2-3,6-7H,4-5,8-10H2,1H3,(H,22,23). The average Bonchev–Trinajstić information content (AvgIpc) is 3.44. The van der Waals surface area contributed by atoms with E-state index in [1.807, 2.05) is 24.3 Å². The summed E-state index contributed by atoms with van der Waals surface area (Å²) in [5.41, 5.74) is 2.26. The van der Waals surface area contributed by atoms with Crippen molar-refractivity contribution in [2.24, 2.45) is 0 Å². The van der Waals surface area contributed by atoms with Crippen LogP contribution in [0.2, 0.25) is 0 Å². The second kappa shape index (κ2) is 9.15. The van der Waals surface area contributed by atoms with Crippen LogP contribution in [0.4, 0.5) is 5.00 Å². The molecule has 0 saturated carbocycles. The number of para-hydroxylation sites is 1. The van der Waals surface area contributed by atoms with Crippen LogP contribution in [0, 0.1) is 0 Å². The average molecular weight is 463 g/mol.